The molecule has 1 aliphatic carbocycles. The van der Waals surface area contributed by atoms with E-state index in [0.717, 1.165) is 88.5 Å². The molecule has 3 amide bonds. The molecule has 2 aromatic heterocycles. The number of imide groups is 1. The number of benzene rings is 1. The summed E-state index contributed by atoms with van der Waals surface area (Å²) >= 11 is 0. The molecule has 0 radical (unpaired) electrons. The van der Waals surface area contributed by atoms with Gasteiger partial charge in [0.25, 0.3) is 17.4 Å². The van der Waals surface area contributed by atoms with Crippen LogP contribution in [0.15, 0.2) is 41.6 Å². The number of hydrogen-bond donors (Lipinski definition) is 2. The van der Waals surface area contributed by atoms with Gasteiger partial charge in [0.2, 0.25) is 11.9 Å². The first-order chi connectivity index (χ1) is 23.3. The van der Waals surface area contributed by atoms with Gasteiger partial charge < -0.3 is 15.1 Å². The number of rotatable bonds is 7. The smallest absolute Gasteiger partial charge is 0.275 e. The maximum atomic E-state index is 13.2. The standard InChI is InChI=1S/C35H45N9O4/c1-23-2-4-27(5-3-23)39-32(46)26-19-36-35(37-20-26)43-12-10-24(11-13-43)22-41-14-16-42(17-15-41)28-6-7-29-25(18-28)21-38-44(34(29)48)30-8-9-31(45)40-33(30)47/h6-7,18-21,23-24,27,30H,2-5,8-17,22H2,1H3,(H,39,46)(H,40,45,47)/t23?,27?,30-/m1/s1. The van der Waals surface area contributed by atoms with Crippen molar-refractivity contribution in [2.24, 2.45) is 11.8 Å². The zero-order valence-corrected chi connectivity index (χ0v) is 27.6. The van der Waals surface area contributed by atoms with E-state index in [9.17, 15) is 19.2 Å². The monoisotopic (exact) mass is 655 g/mol. The summed E-state index contributed by atoms with van der Waals surface area (Å²) in [5, 5.41) is 11.0. The second kappa shape index (κ2) is 14.0. The van der Waals surface area contributed by atoms with Gasteiger partial charge in [-0.25, -0.2) is 14.6 Å². The lowest BCUT2D eigenvalue weighted by Gasteiger charge is -2.39. The van der Waals surface area contributed by atoms with Crippen molar-refractivity contribution < 1.29 is 14.4 Å². The van der Waals surface area contributed by atoms with E-state index in [1.807, 2.05) is 18.2 Å². The predicted molar refractivity (Wildman–Crippen MR) is 182 cm³/mol. The number of nitrogens with zero attached hydrogens (tertiary/aromatic N) is 7. The molecule has 48 heavy (non-hydrogen) atoms. The van der Waals surface area contributed by atoms with Gasteiger partial charge in [-0.05, 0) is 75.0 Å². The van der Waals surface area contributed by atoms with Crippen LogP contribution in [0.5, 0.6) is 0 Å². The molecule has 1 saturated carbocycles. The summed E-state index contributed by atoms with van der Waals surface area (Å²) in [6, 6.07) is 5.28. The van der Waals surface area contributed by atoms with E-state index >= 15 is 0 Å². The highest BCUT2D eigenvalue weighted by Gasteiger charge is 2.30. The van der Waals surface area contributed by atoms with Gasteiger partial charge in [-0.15, -0.1) is 0 Å². The number of fused-ring (bicyclic) bond motifs is 1. The first kappa shape index (κ1) is 32.2. The summed E-state index contributed by atoms with van der Waals surface area (Å²) in [7, 11) is 0. The van der Waals surface area contributed by atoms with E-state index in [1.54, 1.807) is 18.6 Å². The van der Waals surface area contributed by atoms with Crippen molar-refractivity contribution in [3.05, 3.63) is 52.7 Å². The minimum Gasteiger partial charge on any atom is -0.369 e. The topological polar surface area (TPSA) is 146 Å². The first-order valence-electron chi connectivity index (χ1n) is 17.5. The van der Waals surface area contributed by atoms with Crippen LogP contribution in [0.3, 0.4) is 0 Å². The molecule has 3 aliphatic heterocycles. The Morgan fingerprint density at radius 1 is 0.875 bits per heavy atom. The highest BCUT2D eigenvalue weighted by Crippen LogP contribution is 2.26. The second-order valence-electron chi connectivity index (χ2n) is 14.1. The first-order valence-corrected chi connectivity index (χ1v) is 17.5. The van der Waals surface area contributed by atoms with Crippen molar-refractivity contribution in [1.29, 1.82) is 0 Å². The molecule has 0 bridgehead atoms. The highest BCUT2D eigenvalue weighted by atomic mass is 16.2. The Kier molecular flexibility index (Phi) is 9.38. The Balaban J connectivity index is 0.870. The van der Waals surface area contributed by atoms with Crippen LogP contribution in [0, 0.1) is 11.8 Å². The molecular weight excluding hydrogens is 610 g/mol. The fourth-order valence-corrected chi connectivity index (χ4v) is 7.63. The van der Waals surface area contributed by atoms with Gasteiger partial charge >= 0.3 is 0 Å². The molecule has 1 aromatic carbocycles. The van der Waals surface area contributed by atoms with Crippen molar-refractivity contribution in [2.45, 2.75) is 70.4 Å². The summed E-state index contributed by atoms with van der Waals surface area (Å²) in [5.74, 6) is 1.19. The van der Waals surface area contributed by atoms with Gasteiger partial charge in [0.05, 0.1) is 17.1 Å². The molecule has 5 heterocycles. The number of piperidine rings is 2. The summed E-state index contributed by atoms with van der Waals surface area (Å²) in [4.78, 5) is 65.9. The van der Waals surface area contributed by atoms with Crippen LogP contribution in [-0.2, 0) is 9.59 Å². The summed E-state index contributed by atoms with van der Waals surface area (Å²) in [6.07, 6.45) is 12.0. The van der Waals surface area contributed by atoms with Gasteiger partial charge in [0.15, 0.2) is 0 Å². The quantitative estimate of drug-likeness (QED) is 0.364. The van der Waals surface area contributed by atoms with Crippen LogP contribution in [0.4, 0.5) is 11.6 Å². The van der Waals surface area contributed by atoms with Crippen molar-refractivity contribution in [1.82, 2.24) is 35.3 Å². The summed E-state index contributed by atoms with van der Waals surface area (Å²) < 4.78 is 1.20. The fraction of sp³-hybridized carbons (Fsp3) is 0.571. The van der Waals surface area contributed by atoms with Crippen LogP contribution in [0.25, 0.3) is 10.8 Å². The van der Waals surface area contributed by atoms with E-state index < -0.39 is 11.9 Å². The Morgan fingerprint density at radius 2 is 1.60 bits per heavy atom. The SMILES string of the molecule is CC1CCC(NC(=O)c2cnc(N3CCC(CN4CCN(c5ccc6c(=O)n([C@@H]7CCC(=O)NC7=O)ncc6c5)CC4)CC3)nc2)CC1. The maximum Gasteiger partial charge on any atom is 0.275 e. The number of nitrogens with one attached hydrogen (secondary N) is 2. The molecule has 2 N–H and O–H groups in total. The lowest BCUT2D eigenvalue weighted by Crippen LogP contribution is -2.49. The third-order valence-corrected chi connectivity index (χ3v) is 10.7. The lowest BCUT2D eigenvalue weighted by molar-refractivity contribution is -0.136. The van der Waals surface area contributed by atoms with Crippen molar-refractivity contribution >= 4 is 40.1 Å². The van der Waals surface area contributed by atoms with Gasteiger partial charge in [0, 0.05) is 81.7 Å². The van der Waals surface area contributed by atoms with E-state index in [1.165, 1.54) is 17.5 Å². The maximum absolute atomic E-state index is 13.2. The Morgan fingerprint density at radius 3 is 2.31 bits per heavy atom. The number of hydrogen-bond acceptors (Lipinski definition) is 10. The van der Waals surface area contributed by atoms with Gasteiger partial charge in [-0.1, -0.05) is 6.92 Å². The normalized spacial score (nSPS) is 24.5. The van der Waals surface area contributed by atoms with E-state index in [-0.39, 0.29) is 36.3 Å². The number of piperazine rings is 1. The molecule has 4 fully saturated rings. The average molecular weight is 656 g/mol. The van der Waals surface area contributed by atoms with Crippen LogP contribution < -0.4 is 26.0 Å². The van der Waals surface area contributed by atoms with Crippen molar-refractivity contribution in [3.63, 3.8) is 0 Å². The second-order valence-corrected chi connectivity index (χ2v) is 14.1. The number of aromatic nitrogens is 4. The average Bonchev–Trinajstić information content (AvgIpc) is 3.10. The highest BCUT2D eigenvalue weighted by molar-refractivity contribution is 5.99. The molecule has 3 saturated heterocycles. The predicted octanol–water partition coefficient (Wildman–Crippen LogP) is 2.51. The minimum absolute atomic E-state index is 0.0751. The fourth-order valence-electron chi connectivity index (χ4n) is 7.63. The molecule has 4 aliphatic rings. The lowest BCUT2D eigenvalue weighted by atomic mass is 9.87. The van der Waals surface area contributed by atoms with Crippen LogP contribution in [0.2, 0.25) is 0 Å². The molecule has 1 atom stereocenters. The van der Waals surface area contributed by atoms with Crippen molar-refractivity contribution in [2.75, 3.05) is 55.6 Å². The van der Waals surface area contributed by atoms with E-state index in [4.69, 9.17) is 0 Å². The van der Waals surface area contributed by atoms with Gasteiger partial charge in [0.1, 0.15) is 6.04 Å². The van der Waals surface area contributed by atoms with Crippen LogP contribution >= 0.6 is 0 Å². The molecule has 13 heteroatoms. The summed E-state index contributed by atoms with van der Waals surface area (Å²) in [6.45, 7) is 8.92. The third kappa shape index (κ3) is 7.06. The molecule has 0 spiro atoms. The van der Waals surface area contributed by atoms with Crippen molar-refractivity contribution in [3.8, 4) is 0 Å². The zero-order chi connectivity index (χ0) is 33.2. The minimum atomic E-state index is -0.770. The number of carbonyl (C=O) groups excluding carboxylic acids is 3. The largest absolute Gasteiger partial charge is 0.369 e. The molecule has 254 valence electrons. The van der Waals surface area contributed by atoms with Crippen LogP contribution in [-0.4, -0.2) is 94.2 Å². The van der Waals surface area contributed by atoms with E-state index in [0.29, 0.717) is 22.8 Å². The van der Waals surface area contributed by atoms with E-state index in [2.05, 4.69) is 47.3 Å². The summed E-state index contributed by atoms with van der Waals surface area (Å²) in [5.41, 5.74) is 1.27. The Hall–Kier alpha value is -4.39. The Bertz CT molecular complexity index is 1700. The third-order valence-electron chi connectivity index (χ3n) is 10.7. The molecular formula is C35H45N9O4. The number of carbonyl (C=O) groups is 3. The number of anilines is 2. The number of amides is 3. The molecule has 0 unspecified atom stereocenters. The Labute approximate surface area is 280 Å². The zero-order valence-electron chi connectivity index (χ0n) is 27.6. The molecule has 7 rings (SSSR count). The molecule has 3 aromatic rings. The van der Waals surface area contributed by atoms with Gasteiger partial charge in [-0.3, -0.25) is 29.4 Å². The van der Waals surface area contributed by atoms with Gasteiger partial charge in [-0.2, -0.15) is 5.10 Å². The molecule has 13 nitrogen and oxygen atoms in total. The van der Waals surface area contributed by atoms with Crippen LogP contribution in [0.1, 0.15) is 74.7 Å².